The molecule has 1 N–H and O–H groups in total. The summed E-state index contributed by atoms with van der Waals surface area (Å²) in [6, 6.07) is 7.91. The summed E-state index contributed by atoms with van der Waals surface area (Å²) in [5.74, 6) is 0. The quantitative estimate of drug-likeness (QED) is 0.691. The lowest BCUT2D eigenvalue weighted by Crippen LogP contribution is -2.48. The Hall–Kier alpha value is -2.09. The predicted molar refractivity (Wildman–Crippen MR) is 119 cm³/mol. The van der Waals surface area contributed by atoms with Gasteiger partial charge in [-0.25, -0.2) is 4.79 Å². The summed E-state index contributed by atoms with van der Waals surface area (Å²) >= 11 is 7.89. The number of nitrogens with one attached hydrogen (secondary N) is 1. The molecule has 2 aromatic heterocycles. The van der Waals surface area contributed by atoms with Gasteiger partial charge in [0, 0.05) is 44.1 Å². The van der Waals surface area contributed by atoms with Gasteiger partial charge in [0.1, 0.15) is 4.83 Å². The first-order valence-electron chi connectivity index (χ1n) is 10.1. The van der Waals surface area contributed by atoms with Gasteiger partial charge in [-0.1, -0.05) is 23.7 Å². The van der Waals surface area contributed by atoms with E-state index in [2.05, 4.69) is 14.8 Å². The van der Waals surface area contributed by atoms with Crippen molar-refractivity contribution in [3.8, 4) is 0 Å². The Morgan fingerprint density at radius 1 is 1.03 bits per heavy atom. The maximum absolute atomic E-state index is 13.0. The largest absolute Gasteiger partial charge is 0.368 e. The molecule has 0 atom stereocenters. The number of thiophene rings is 1. The molecule has 0 saturated carbocycles. The second-order valence-electron chi connectivity index (χ2n) is 7.73. The first-order valence-corrected chi connectivity index (χ1v) is 11.3. The second kappa shape index (κ2) is 7.63. The second-order valence-corrected chi connectivity index (χ2v) is 9.24. The highest BCUT2D eigenvalue weighted by Crippen LogP contribution is 2.34. The number of para-hydroxylation sites is 1. The van der Waals surface area contributed by atoms with Gasteiger partial charge < -0.3 is 4.90 Å². The standard InChI is InChI=1S/C21H23ClN4O2S/c22-15-5-1-2-6-16(15)25-11-8-24(9-12-25)10-13-26-20(27)18-14-4-3-7-17(14)29-19(18)23-21(26)28/h1-2,5-6H,3-4,7-13H2,(H,23,28). The van der Waals surface area contributed by atoms with Gasteiger partial charge >= 0.3 is 5.69 Å². The Morgan fingerprint density at radius 3 is 2.62 bits per heavy atom. The van der Waals surface area contributed by atoms with Gasteiger partial charge in [-0.05, 0) is 37.0 Å². The van der Waals surface area contributed by atoms with Crippen LogP contribution in [0, 0.1) is 0 Å². The first-order chi connectivity index (χ1) is 14.1. The van der Waals surface area contributed by atoms with Gasteiger partial charge in [-0.3, -0.25) is 19.2 Å². The summed E-state index contributed by atoms with van der Waals surface area (Å²) in [5, 5.41) is 1.52. The SMILES string of the molecule is O=c1[nH]c2sc3c(c2c(=O)n1CCN1CCN(c2ccccc2Cl)CC1)CCC3. The molecular weight excluding hydrogens is 408 g/mol. The topological polar surface area (TPSA) is 61.3 Å². The van der Waals surface area contributed by atoms with Gasteiger partial charge in [0.05, 0.1) is 16.1 Å². The molecule has 3 aromatic rings. The number of anilines is 1. The van der Waals surface area contributed by atoms with E-state index in [1.807, 2.05) is 24.3 Å². The Labute approximate surface area is 177 Å². The maximum Gasteiger partial charge on any atom is 0.329 e. The molecule has 6 nitrogen and oxygen atoms in total. The molecule has 3 heterocycles. The maximum atomic E-state index is 13.0. The number of benzene rings is 1. The number of halogens is 1. The lowest BCUT2D eigenvalue weighted by molar-refractivity contribution is 0.246. The third-order valence-corrected chi connectivity index (χ3v) is 7.58. The van der Waals surface area contributed by atoms with E-state index in [0.29, 0.717) is 13.1 Å². The van der Waals surface area contributed by atoms with Crippen LogP contribution in [0.15, 0.2) is 33.9 Å². The molecule has 1 aliphatic carbocycles. The summed E-state index contributed by atoms with van der Waals surface area (Å²) in [6.07, 6.45) is 3.07. The summed E-state index contributed by atoms with van der Waals surface area (Å²) in [6.45, 7) is 4.64. The van der Waals surface area contributed by atoms with E-state index in [0.717, 1.165) is 71.9 Å². The van der Waals surface area contributed by atoms with Crippen LogP contribution >= 0.6 is 22.9 Å². The number of piperazine rings is 1. The highest BCUT2D eigenvalue weighted by Gasteiger charge is 2.23. The van der Waals surface area contributed by atoms with Gasteiger partial charge in [0.2, 0.25) is 0 Å². The van der Waals surface area contributed by atoms with Crippen molar-refractivity contribution < 1.29 is 0 Å². The van der Waals surface area contributed by atoms with Gasteiger partial charge in [0.25, 0.3) is 5.56 Å². The van der Waals surface area contributed by atoms with Gasteiger partial charge in [0.15, 0.2) is 0 Å². The zero-order valence-corrected chi connectivity index (χ0v) is 17.7. The van der Waals surface area contributed by atoms with Crippen LogP contribution in [0.1, 0.15) is 16.9 Å². The van der Waals surface area contributed by atoms with Crippen molar-refractivity contribution in [1.82, 2.24) is 14.5 Å². The molecule has 29 heavy (non-hydrogen) atoms. The molecule has 1 aromatic carbocycles. The number of rotatable bonds is 4. The lowest BCUT2D eigenvalue weighted by Gasteiger charge is -2.36. The third-order valence-electron chi connectivity index (χ3n) is 6.05. The fourth-order valence-corrected chi connectivity index (χ4v) is 6.00. The minimum absolute atomic E-state index is 0.127. The van der Waals surface area contributed by atoms with E-state index in [1.165, 1.54) is 9.44 Å². The Morgan fingerprint density at radius 2 is 1.83 bits per heavy atom. The van der Waals surface area contributed by atoms with Crippen molar-refractivity contribution in [3.63, 3.8) is 0 Å². The summed E-state index contributed by atoms with van der Waals surface area (Å²) in [7, 11) is 0. The molecule has 8 heteroatoms. The molecule has 5 rings (SSSR count). The predicted octanol–water partition coefficient (Wildman–Crippen LogP) is 2.72. The third kappa shape index (κ3) is 3.41. The Bertz CT molecular complexity index is 1170. The average molecular weight is 431 g/mol. The minimum atomic E-state index is -0.294. The van der Waals surface area contributed by atoms with Crippen LogP contribution in [0.3, 0.4) is 0 Å². The van der Waals surface area contributed by atoms with Gasteiger partial charge in [-0.15, -0.1) is 11.3 Å². The van der Waals surface area contributed by atoms with E-state index in [9.17, 15) is 9.59 Å². The Kier molecular flexibility index (Phi) is 4.97. The molecule has 1 saturated heterocycles. The molecule has 152 valence electrons. The number of hydrogen-bond acceptors (Lipinski definition) is 5. The highest BCUT2D eigenvalue weighted by molar-refractivity contribution is 7.18. The van der Waals surface area contributed by atoms with Crippen LogP contribution in [-0.4, -0.2) is 47.2 Å². The van der Waals surface area contributed by atoms with Crippen LogP contribution in [0.25, 0.3) is 10.2 Å². The van der Waals surface area contributed by atoms with Crippen LogP contribution < -0.4 is 16.1 Å². The molecule has 0 spiro atoms. The molecule has 0 bridgehead atoms. The normalized spacial score (nSPS) is 17.2. The molecular formula is C21H23ClN4O2S. The fourth-order valence-electron chi connectivity index (χ4n) is 4.48. The van der Waals surface area contributed by atoms with Crippen LogP contribution in [0.4, 0.5) is 5.69 Å². The van der Waals surface area contributed by atoms with Crippen LogP contribution in [-0.2, 0) is 19.4 Å². The number of aromatic amines is 1. The summed E-state index contributed by atoms with van der Waals surface area (Å²) in [4.78, 5) is 35.1. The molecule has 0 amide bonds. The summed E-state index contributed by atoms with van der Waals surface area (Å²) < 4.78 is 1.38. The highest BCUT2D eigenvalue weighted by atomic mass is 35.5. The van der Waals surface area contributed by atoms with E-state index >= 15 is 0 Å². The number of nitrogens with zero attached hydrogens (tertiary/aromatic N) is 3. The van der Waals surface area contributed by atoms with Crippen molar-refractivity contribution in [3.05, 3.63) is 60.6 Å². The van der Waals surface area contributed by atoms with E-state index in [4.69, 9.17) is 11.6 Å². The van der Waals surface area contributed by atoms with Crippen molar-refractivity contribution >= 4 is 38.8 Å². The van der Waals surface area contributed by atoms with Crippen molar-refractivity contribution in [1.29, 1.82) is 0 Å². The van der Waals surface area contributed by atoms with Gasteiger partial charge in [-0.2, -0.15) is 0 Å². The number of hydrogen-bond donors (Lipinski definition) is 1. The van der Waals surface area contributed by atoms with Crippen LogP contribution in [0.2, 0.25) is 5.02 Å². The molecule has 0 radical (unpaired) electrons. The zero-order chi connectivity index (χ0) is 20.0. The minimum Gasteiger partial charge on any atom is -0.368 e. The van der Waals surface area contributed by atoms with E-state index in [-0.39, 0.29) is 11.2 Å². The zero-order valence-electron chi connectivity index (χ0n) is 16.1. The lowest BCUT2D eigenvalue weighted by atomic mass is 10.2. The number of aromatic nitrogens is 2. The summed E-state index contributed by atoms with van der Waals surface area (Å²) in [5.41, 5.74) is 1.81. The number of fused-ring (bicyclic) bond motifs is 3. The first kappa shape index (κ1) is 18.9. The monoisotopic (exact) mass is 430 g/mol. The van der Waals surface area contributed by atoms with Crippen molar-refractivity contribution in [2.24, 2.45) is 0 Å². The van der Waals surface area contributed by atoms with E-state index in [1.54, 1.807) is 11.3 Å². The number of aryl methyl sites for hydroxylation is 2. The van der Waals surface area contributed by atoms with Crippen molar-refractivity contribution in [2.75, 3.05) is 37.6 Å². The molecule has 0 unspecified atom stereocenters. The Balaban J connectivity index is 1.29. The smallest absolute Gasteiger partial charge is 0.329 e. The number of H-pyrrole nitrogens is 1. The average Bonchev–Trinajstić information content (AvgIpc) is 3.29. The molecule has 1 fully saturated rings. The van der Waals surface area contributed by atoms with E-state index < -0.39 is 0 Å². The van der Waals surface area contributed by atoms with Crippen molar-refractivity contribution in [2.45, 2.75) is 25.8 Å². The van der Waals surface area contributed by atoms with Crippen LogP contribution in [0.5, 0.6) is 0 Å². The fraction of sp³-hybridized carbons (Fsp3) is 0.429. The molecule has 2 aliphatic rings. The molecule has 1 aliphatic heterocycles.